The van der Waals surface area contributed by atoms with E-state index in [9.17, 15) is 0 Å². The highest BCUT2D eigenvalue weighted by atomic mass is 35.5. The maximum atomic E-state index is 7.43. The van der Waals surface area contributed by atoms with Crippen LogP contribution in [0.4, 0.5) is 11.4 Å². The van der Waals surface area contributed by atoms with Gasteiger partial charge >= 0.3 is 0 Å². The van der Waals surface area contributed by atoms with Gasteiger partial charge in [0.2, 0.25) is 0 Å². The van der Waals surface area contributed by atoms with E-state index in [0.717, 1.165) is 18.4 Å². The molecular formula is C10H17ClN4. The van der Waals surface area contributed by atoms with E-state index in [1.165, 1.54) is 0 Å². The van der Waals surface area contributed by atoms with E-state index in [1.54, 1.807) is 6.07 Å². The summed E-state index contributed by atoms with van der Waals surface area (Å²) in [7, 11) is 0. The van der Waals surface area contributed by atoms with Crippen molar-refractivity contribution in [2.24, 2.45) is 5.73 Å². The van der Waals surface area contributed by atoms with E-state index in [-0.39, 0.29) is 18.2 Å². The third-order valence-corrected chi connectivity index (χ3v) is 2.15. The van der Waals surface area contributed by atoms with Crippen LogP contribution in [0.2, 0.25) is 0 Å². The zero-order chi connectivity index (χ0) is 10.7. The maximum Gasteiger partial charge on any atom is 0.125 e. The molecule has 0 aliphatic heterocycles. The second-order valence-corrected chi connectivity index (χ2v) is 3.27. The van der Waals surface area contributed by atoms with Gasteiger partial charge < -0.3 is 17.2 Å². The van der Waals surface area contributed by atoms with E-state index in [2.05, 4.69) is 6.92 Å². The third kappa shape index (κ3) is 2.76. The Hall–Kier alpha value is -1.42. The predicted molar refractivity (Wildman–Crippen MR) is 67.5 cm³/mol. The molecule has 0 fully saturated rings. The number of amidine groups is 1. The van der Waals surface area contributed by atoms with Crippen molar-refractivity contribution in [3.63, 3.8) is 0 Å². The number of rotatable bonds is 3. The Morgan fingerprint density at radius 2 is 1.93 bits per heavy atom. The first-order valence-electron chi connectivity index (χ1n) is 4.59. The smallest absolute Gasteiger partial charge is 0.125 e. The molecule has 84 valence electrons. The van der Waals surface area contributed by atoms with Crippen LogP contribution in [0.1, 0.15) is 24.5 Å². The molecule has 0 aromatic heterocycles. The quantitative estimate of drug-likeness (QED) is 0.358. The largest absolute Gasteiger partial charge is 0.397 e. The lowest BCUT2D eigenvalue weighted by molar-refractivity contribution is 0.919. The van der Waals surface area contributed by atoms with E-state index in [0.29, 0.717) is 16.9 Å². The van der Waals surface area contributed by atoms with Gasteiger partial charge in [-0.05, 0) is 18.1 Å². The normalized spacial score (nSPS) is 9.40. The fourth-order valence-electron chi connectivity index (χ4n) is 1.48. The molecule has 0 bridgehead atoms. The second-order valence-electron chi connectivity index (χ2n) is 3.27. The number of benzene rings is 1. The molecule has 1 aromatic rings. The summed E-state index contributed by atoms with van der Waals surface area (Å²) in [4.78, 5) is 0. The molecule has 0 spiro atoms. The van der Waals surface area contributed by atoms with Gasteiger partial charge in [-0.1, -0.05) is 19.4 Å². The number of aryl methyl sites for hydroxylation is 1. The van der Waals surface area contributed by atoms with Crippen LogP contribution < -0.4 is 17.2 Å². The van der Waals surface area contributed by atoms with Crippen LogP contribution in [0.15, 0.2) is 12.1 Å². The van der Waals surface area contributed by atoms with E-state index in [1.807, 2.05) is 6.07 Å². The highest BCUT2D eigenvalue weighted by Crippen LogP contribution is 2.24. The van der Waals surface area contributed by atoms with Crippen molar-refractivity contribution in [3.8, 4) is 0 Å². The van der Waals surface area contributed by atoms with E-state index in [4.69, 9.17) is 22.6 Å². The maximum absolute atomic E-state index is 7.43. The molecule has 0 saturated carbocycles. The van der Waals surface area contributed by atoms with Crippen molar-refractivity contribution >= 4 is 29.6 Å². The first-order chi connectivity index (χ1) is 6.57. The Labute approximate surface area is 95.7 Å². The molecule has 0 unspecified atom stereocenters. The number of halogens is 1. The van der Waals surface area contributed by atoms with Gasteiger partial charge in [-0.25, -0.2) is 0 Å². The van der Waals surface area contributed by atoms with Crippen LogP contribution in [0, 0.1) is 5.41 Å². The molecule has 4 nitrogen and oxygen atoms in total. The Kier molecular flexibility index (Phi) is 4.94. The first-order valence-corrected chi connectivity index (χ1v) is 4.59. The average Bonchev–Trinajstić information content (AvgIpc) is 2.11. The average molecular weight is 229 g/mol. The Morgan fingerprint density at radius 1 is 1.33 bits per heavy atom. The van der Waals surface area contributed by atoms with Crippen molar-refractivity contribution in [3.05, 3.63) is 23.3 Å². The van der Waals surface area contributed by atoms with Gasteiger partial charge in [0.05, 0.1) is 11.4 Å². The summed E-state index contributed by atoms with van der Waals surface area (Å²) in [5.41, 5.74) is 19.4. The van der Waals surface area contributed by atoms with Gasteiger partial charge in [0.1, 0.15) is 5.84 Å². The fraction of sp³-hybridized carbons (Fsp3) is 0.300. The highest BCUT2D eigenvalue weighted by molar-refractivity contribution is 6.03. The number of nitrogen functional groups attached to an aromatic ring is 3. The Bertz CT molecular complexity index is 363. The van der Waals surface area contributed by atoms with Crippen LogP contribution in [0.25, 0.3) is 0 Å². The lowest BCUT2D eigenvalue weighted by atomic mass is 9.99. The monoisotopic (exact) mass is 228 g/mol. The molecule has 0 aliphatic rings. The van der Waals surface area contributed by atoms with Gasteiger partial charge in [0.25, 0.3) is 0 Å². The zero-order valence-corrected chi connectivity index (χ0v) is 9.53. The molecule has 0 aliphatic carbocycles. The molecule has 0 amide bonds. The molecule has 0 radical (unpaired) electrons. The number of hydrogen-bond donors (Lipinski definition) is 4. The molecule has 5 heteroatoms. The van der Waals surface area contributed by atoms with Crippen LogP contribution in [-0.2, 0) is 6.42 Å². The summed E-state index contributed by atoms with van der Waals surface area (Å²) in [6, 6.07) is 3.64. The molecule has 0 atom stereocenters. The van der Waals surface area contributed by atoms with Crippen LogP contribution >= 0.6 is 12.4 Å². The minimum Gasteiger partial charge on any atom is -0.397 e. The van der Waals surface area contributed by atoms with Crippen LogP contribution in [0.3, 0.4) is 0 Å². The van der Waals surface area contributed by atoms with Gasteiger partial charge in [0.15, 0.2) is 0 Å². The molecule has 15 heavy (non-hydrogen) atoms. The molecule has 1 rings (SSSR count). The lowest BCUT2D eigenvalue weighted by Gasteiger charge is -2.12. The summed E-state index contributed by atoms with van der Waals surface area (Å²) in [6.07, 6.45) is 1.85. The Morgan fingerprint density at radius 3 is 2.40 bits per heavy atom. The molecule has 7 N–H and O–H groups in total. The predicted octanol–water partition coefficient (Wildman–Crippen LogP) is 1.51. The van der Waals surface area contributed by atoms with E-state index >= 15 is 0 Å². The fourth-order valence-corrected chi connectivity index (χ4v) is 1.48. The van der Waals surface area contributed by atoms with Crippen LogP contribution in [0.5, 0.6) is 0 Å². The summed E-state index contributed by atoms with van der Waals surface area (Å²) >= 11 is 0. The topological polar surface area (TPSA) is 102 Å². The van der Waals surface area contributed by atoms with E-state index < -0.39 is 0 Å². The zero-order valence-electron chi connectivity index (χ0n) is 8.71. The molecule has 0 saturated heterocycles. The molecule has 0 heterocycles. The number of hydrogen-bond acceptors (Lipinski definition) is 3. The minimum atomic E-state index is -0.0155. The molecular weight excluding hydrogens is 212 g/mol. The third-order valence-electron chi connectivity index (χ3n) is 2.15. The van der Waals surface area contributed by atoms with Crippen molar-refractivity contribution in [2.75, 3.05) is 11.5 Å². The summed E-state index contributed by atoms with van der Waals surface area (Å²) in [6.45, 7) is 2.07. The van der Waals surface area contributed by atoms with Gasteiger partial charge in [0, 0.05) is 5.56 Å². The molecule has 1 aromatic carbocycles. The van der Waals surface area contributed by atoms with Gasteiger partial charge in [-0.2, -0.15) is 0 Å². The van der Waals surface area contributed by atoms with Crippen LogP contribution in [-0.4, -0.2) is 5.84 Å². The second kappa shape index (κ2) is 5.46. The van der Waals surface area contributed by atoms with Gasteiger partial charge in [-0.3, -0.25) is 5.41 Å². The Balaban J connectivity index is 0.00000196. The minimum absolute atomic E-state index is 0. The first kappa shape index (κ1) is 13.6. The lowest BCUT2D eigenvalue weighted by Crippen LogP contribution is -2.17. The summed E-state index contributed by atoms with van der Waals surface area (Å²) in [5.74, 6) is -0.0155. The van der Waals surface area contributed by atoms with Crippen molar-refractivity contribution in [2.45, 2.75) is 19.8 Å². The number of nitrogens with two attached hydrogens (primary N) is 3. The summed E-state index contributed by atoms with van der Waals surface area (Å²) < 4.78 is 0. The van der Waals surface area contributed by atoms with Crippen molar-refractivity contribution in [1.29, 1.82) is 5.41 Å². The standard InChI is InChI=1S/C10H16N4.ClH/c1-2-3-6-4-5-7(11)9(12)8(6)10(13)14;/h4-5H,2-3,11-12H2,1H3,(H3,13,14);1H. The van der Waals surface area contributed by atoms with Crippen molar-refractivity contribution < 1.29 is 0 Å². The SMILES string of the molecule is CCCc1ccc(N)c(N)c1C(=N)N.Cl. The number of anilines is 2. The highest BCUT2D eigenvalue weighted by Gasteiger charge is 2.10. The van der Waals surface area contributed by atoms with Crippen molar-refractivity contribution in [1.82, 2.24) is 0 Å². The summed E-state index contributed by atoms with van der Waals surface area (Å²) in [5, 5.41) is 7.43. The van der Waals surface area contributed by atoms with Gasteiger partial charge in [-0.15, -0.1) is 12.4 Å². The number of nitrogens with one attached hydrogen (secondary N) is 1.